The molecule has 0 aliphatic carbocycles. The van der Waals surface area contributed by atoms with Gasteiger partial charge in [-0.15, -0.1) is 11.3 Å². The molecule has 2 amide bonds. The van der Waals surface area contributed by atoms with Gasteiger partial charge in [0.15, 0.2) is 0 Å². The van der Waals surface area contributed by atoms with E-state index in [9.17, 15) is 9.59 Å². The number of aryl methyl sites for hydroxylation is 1. The zero-order valence-corrected chi connectivity index (χ0v) is 15.7. The molecule has 1 atom stereocenters. The number of hydrogen-bond donors (Lipinski definition) is 1. The molecule has 136 valence electrons. The van der Waals surface area contributed by atoms with Gasteiger partial charge in [-0.2, -0.15) is 0 Å². The summed E-state index contributed by atoms with van der Waals surface area (Å²) < 4.78 is 0. The monoisotopic (exact) mass is 377 g/mol. The van der Waals surface area contributed by atoms with Crippen molar-refractivity contribution < 1.29 is 9.59 Å². The molecule has 0 bridgehead atoms. The summed E-state index contributed by atoms with van der Waals surface area (Å²) in [6, 6.07) is 14.8. The second-order valence-electron chi connectivity index (χ2n) is 6.52. The van der Waals surface area contributed by atoms with E-state index in [2.05, 4.69) is 10.3 Å². The van der Waals surface area contributed by atoms with Gasteiger partial charge in [-0.25, -0.2) is 0 Å². The maximum Gasteiger partial charge on any atom is 0.260 e. The number of amides is 2. The van der Waals surface area contributed by atoms with Crippen LogP contribution in [-0.4, -0.2) is 16.8 Å². The molecule has 0 fully saturated rings. The smallest absolute Gasteiger partial charge is 0.260 e. The third-order valence-corrected chi connectivity index (χ3v) is 5.52. The standard InChI is InChI=1S/C21H19N3O2S/c1-14-6-8-15(9-7-14)24-18(20-17(21(24)26)5-2-10-22-20)12-19(25)23-13-16-4-3-11-27-16/h2-11,18H,12-13H2,1H3,(H,23,25)/t18-/m0/s1. The van der Waals surface area contributed by atoms with Crippen LogP contribution in [0.15, 0.2) is 60.1 Å². The summed E-state index contributed by atoms with van der Waals surface area (Å²) in [5.74, 6) is -0.213. The second-order valence-corrected chi connectivity index (χ2v) is 7.56. The Morgan fingerprint density at radius 2 is 2.00 bits per heavy atom. The molecule has 0 unspecified atom stereocenters. The summed E-state index contributed by atoms with van der Waals surface area (Å²) in [4.78, 5) is 32.7. The van der Waals surface area contributed by atoms with Crippen LogP contribution in [0, 0.1) is 6.92 Å². The molecule has 5 nitrogen and oxygen atoms in total. The third kappa shape index (κ3) is 3.48. The van der Waals surface area contributed by atoms with E-state index in [1.54, 1.807) is 34.6 Å². The van der Waals surface area contributed by atoms with Crippen LogP contribution < -0.4 is 10.2 Å². The highest BCUT2D eigenvalue weighted by molar-refractivity contribution is 7.09. The predicted molar refractivity (Wildman–Crippen MR) is 106 cm³/mol. The van der Waals surface area contributed by atoms with E-state index < -0.39 is 6.04 Å². The molecule has 27 heavy (non-hydrogen) atoms. The molecule has 0 saturated carbocycles. The van der Waals surface area contributed by atoms with Crippen LogP contribution in [-0.2, 0) is 11.3 Å². The number of nitrogens with one attached hydrogen (secondary N) is 1. The molecule has 4 rings (SSSR count). The number of carbonyl (C=O) groups is 2. The van der Waals surface area contributed by atoms with Crippen molar-refractivity contribution in [2.75, 3.05) is 4.90 Å². The van der Waals surface area contributed by atoms with E-state index in [-0.39, 0.29) is 18.2 Å². The highest BCUT2D eigenvalue weighted by Crippen LogP contribution is 2.38. The number of fused-ring (bicyclic) bond motifs is 1. The molecule has 1 aliphatic rings. The quantitative estimate of drug-likeness (QED) is 0.734. The fraction of sp³-hybridized carbons (Fsp3) is 0.190. The van der Waals surface area contributed by atoms with Crippen LogP contribution in [0.1, 0.15) is 39.0 Å². The van der Waals surface area contributed by atoms with E-state index >= 15 is 0 Å². The first-order chi connectivity index (χ1) is 13.1. The van der Waals surface area contributed by atoms with Crippen LogP contribution in [0.2, 0.25) is 0 Å². The number of anilines is 1. The van der Waals surface area contributed by atoms with Crippen LogP contribution in [0.4, 0.5) is 5.69 Å². The van der Waals surface area contributed by atoms with Gasteiger partial charge in [-0.05, 0) is 42.6 Å². The Balaban J connectivity index is 1.59. The van der Waals surface area contributed by atoms with Crippen molar-refractivity contribution in [1.82, 2.24) is 10.3 Å². The van der Waals surface area contributed by atoms with Crippen LogP contribution in [0.3, 0.4) is 0 Å². The summed E-state index contributed by atoms with van der Waals surface area (Å²) >= 11 is 1.60. The number of nitrogens with zero attached hydrogens (tertiary/aromatic N) is 2. The minimum Gasteiger partial charge on any atom is -0.351 e. The molecule has 3 heterocycles. The number of pyridine rings is 1. The second kappa shape index (κ2) is 7.32. The summed E-state index contributed by atoms with van der Waals surface area (Å²) in [5, 5.41) is 4.93. The fourth-order valence-corrected chi connectivity index (χ4v) is 3.94. The maximum absolute atomic E-state index is 13.0. The topological polar surface area (TPSA) is 62.3 Å². The van der Waals surface area contributed by atoms with Crippen molar-refractivity contribution in [3.8, 4) is 0 Å². The minimum absolute atomic E-state index is 0.100. The first-order valence-corrected chi connectivity index (χ1v) is 9.65. The van der Waals surface area contributed by atoms with Gasteiger partial charge in [-0.1, -0.05) is 23.8 Å². The Morgan fingerprint density at radius 1 is 1.19 bits per heavy atom. The number of aromatic nitrogens is 1. The highest BCUT2D eigenvalue weighted by Gasteiger charge is 2.39. The molecule has 1 N–H and O–H groups in total. The molecular weight excluding hydrogens is 358 g/mol. The molecule has 1 aliphatic heterocycles. The van der Waals surface area contributed by atoms with E-state index in [4.69, 9.17) is 0 Å². The highest BCUT2D eigenvalue weighted by atomic mass is 32.1. The van der Waals surface area contributed by atoms with Crippen LogP contribution >= 0.6 is 11.3 Å². The van der Waals surface area contributed by atoms with Crippen LogP contribution in [0.25, 0.3) is 0 Å². The lowest BCUT2D eigenvalue weighted by molar-refractivity contribution is -0.121. The normalized spacial score (nSPS) is 15.7. The lowest BCUT2D eigenvalue weighted by Crippen LogP contribution is -2.32. The Bertz CT molecular complexity index is 967. The lowest BCUT2D eigenvalue weighted by Gasteiger charge is -2.24. The molecule has 3 aromatic rings. The number of thiophene rings is 1. The van der Waals surface area contributed by atoms with Gasteiger partial charge in [-0.3, -0.25) is 19.5 Å². The van der Waals surface area contributed by atoms with Gasteiger partial charge in [0, 0.05) is 16.8 Å². The lowest BCUT2D eigenvalue weighted by atomic mass is 10.1. The summed E-state index contributed by atoms with van der Waals surface area (Å²) in [7, 11) is 0. The number of hydrogen-bond acceptors (Lipinski definition) is 4. The van der Waals surface area contributed by atoms with E-state index in [0.717, 1.165) is 16.1 Å². The third-order valence-electron chi connectivity index (χ3n) is 4.65. The minimum atomic E-state index is -0.403. The molecular formula is C21H19N3O2S. The largest absolute Gasteiger partial charge is 0.351 e. The number of carbonyl (C=O) groups excluding carboxylic acids is 2. The van der Waals surface area contributed by atoms with Gasteiger partial charge in [0.05, 0.1) is 30.3 Å². The number of rotatable bonds is 5. The first kappa shape index (κ1) is 17.4. The van der Waals surface area contributed by atoms with Crippen molar-refractivity contribution >= 4 is 28.8 Å². The summed E-state index contributed by atoms with van der Waals surface area (Å²) in [6.07, 6.45) is 1.84. The fourth-order valence-electron chi connectivity index (χ4n) is 3.29. The van der Waals surface area contributed by atoms with E-state index in [1.165, 1.54) is 0 Å². The van der Waals surface area contributed by atoms with Gasteiger partial charge < -0.3 is 5.32 Å². The van der Waals surface area contributed by atoms with Gasteiger partial charge in [0.2, 0.25) is 5.91 Å². The first-order valence-electron chi connectivity index (χ1n) is 8.77. The van der Waals surface area contributed by atoms with Crippen molar-refractivity contribution in [2.45, 2.75) is 25.9 Å². The zero-order chi connectivity index (χ0) is 18.8. The van der Waals surface area contributed by atoms with Gasteiger partial charge in [0.1, 0.15) is 0 Å². The Hall–Kier alpha value is -2.99. The molecule has 1 aromatic carbocycles. The van der Waals surface area contributed by atoms with Gasteiger partial charge in [0.25, 0.3) is 5.91 Å². The van der Waals surface area contributed by atoms with Crippen molar-refractivity contribution in [1.29, 1.82) is 0 Å². The Kier molecular flexibility index (Phi) is 4.73. The molecule has 0 radical (unpaired) electrons. The summed E-state index contributed by atoms with van der Waals surface area (Å²) in [5.41, 5.74) is 3.12. The van der Waals surface area contributed by atoms with E-state index in [0.29, 0.717) is 17.8 Å². The van der Waals surface area contributed by atoms with Gasteiger partial charge >= 0.3 is 0 Å². The van der Waals surface area contributed by atoms with E-state index in [1.807, 2.05) is 48.7 Å². The predicted octanol–water partition coefficient (Wildman–Crippen LogP) is 3.86. The average Bonchev–Trinajstić information content (AvgIpc) is 3.29. The maximum atomic E-state index is 13.0. The Labute approximate surface area is 161 Å². The summed E-state index contributed by atoms with van der Waals surface area (Å²) in [6.45, 7) is 2.50. The SMILES string of the molecule is Cc1ccc(N2C(=O)c3cccnc3[C@@H]2CC(=O)NCc2cccs2)cc1. The molecule has 2 aromatic heterocycles. The molecule has 0 saturated heterocycles. The van der Waals surface area contributed by atoms with Crippen molar-refractivity contribution in [3.63, 3.8) is 0 Å². The molecule has 0 spiro atoms. The average molecular weight is 377 g/mol. The zero-order valence-electron chi connectivity index (χ0n) is 14.9. The Morgan fingerprint density at radius 3 is 2.74 bits per heavy atom. The number of benzene rings is 1. The van der Waals surface area contributed by atoms with Crippen molar-refractivity contribution in [3.05, 3.63) is 81.8 Å². The van der Waals surface area contributed by atoms with Crippen LogP contribution in [0.5, 0.6) is 0 Å². The van der Waals surface area contributed by atoms with Crippen molar-refractivity contribution in [2.24, 2.45) is 0 Å². The molecule has 6 heteroatoms.